The number of nitrogens with two attached hydrogens (primary N) is 1. The van der Waals surface area contributed by atoms with Crippen molar-refractivity contribution in [2.75, 3.05) is 5.73 Å². The topological polar surface area (TPSA) is 61.0 Å². The van der Waals surface area contributed by atoms with Gasteiger partial charge in [0, 0.05) is 0 Å². The Morgan fingerprint density at radius 3 is 2.67 bits per heavy atom. The van der Waals surface area contributed by atoms with E-state index >= 15 is 0 Å². The molecule has 0 spiro atoms. The van der Waals surface area contributed by atoms with E-state index in [4.69, 9.17) is 10.5 Å². The quantitative estimate of drug-likeness (QED) is 0.902. The molecule has 0 aliphatic carbocycles. The van der Waals surface area contributed by atoms with Crippen molar-refractivity contribution in [1.29, 1.82) is 0 Å². The van der Waals surface area contributed by atoms with Crippen LogP contribution in [0.5, 0.6) is 11.6 Å². The van der Waals surface area contributed by atoms with Gasteiger partial charge in [-0.05, 0) is 24.1 Å². The molecule has 2 N–H and O–H groups in total. The Morgan fingerprint density at radius 2 is 2.00 bits per heavy atom. The molecule has 0 aliphatic heterocycles. The lowest BCUT2D eigenvalue weighted by molar-refractivity contribution is 0.421. The molecular weight excluding hydrogens is 233 g/mol. The fourth-order valence-corrected chi connectivity index (χ4v) is 1.56. The Labute approximate surface area is 105 Å². The van der Waals surface area contributed by atoms with Gasteiger partial charge in [0.05, 0.1) is 6.20 Å². The van der Waals surface area contributed by atoms with Gasteiger partial charge in [-0.1, -0.05) is 25.5 Å². The first-order valence-corrected chi connectivity index (χ1v) is 5.74. The molecule has 0 unspecified atom stereocenters. The summed E-state index contributed by atoms with van der Waals surface area (Å²) in [6, 6.07) is 7.45. The highest BCUT2D eigenvalue weighted by Gasteiger charge is 2.07. The fourth-order valence-electron chi connectivity index (χ4n) is 1.56. The van der Waals surface area contributed by atoms with E-state index in [1.807, 2.05) is 12.1 Å². The molecule has 2 aromatic rings. The average molecular weight is 247 g/mol. The highest BCUT2D eigenvalue weighted by Crippen LogP contribution is 2.22. The molecule has 4 nitrogen and oxygen atoms in total. The minimum Gasteiger partial charge on any atom is -0.436 e. The van der Waals surface area contributed by atoms with Gasteiger partial charge in [-0.2, -0.15) is 9.37 Å². The highest BCUT2D eigenvalue weighted by molar-refractivity contribution is 5.32. The summed E-state index contributed by atoms with van der Waals surface area (Å²) in [5.74, 6) is -0.298. The van der Waals surface area contributed by atoms with Gasteiger partial charge in [0.15, 0.2) is 0 Å². The van der Waals surface area contributed by atoms with Crippen LogP contribution in [0.1, 0.15) is 18.9 Å². The van der Waals surface area contributed by atoms with Crippen LogP contribution in [-0.4, -0.2) is 9.97 Å². The van der Waals surface area contributed by atoms with Crippen LogP contribution >= 0.6 is 0 Å². The molecule has 1 heterocycles. The molecule has 0 saturated heterocycles. The van der Waals surface area contributed by atoms with E-state index in [-0.39, 0.29) is 11.8 Å². The van der Waals surface area contributed by atoms with Crippen molar-refractivity contribution < 1.29 is 9.13 Å². The Balaban J connectivity index is 2.15. The number of rotatable bonds is 4. The Bertz CT molecular complexity index is 528. The smallest absolute Gasteiger partial charge is 0.260 e. The van der Waals surface area contributed by atoms with Crippen LogP contribution in [0.25, 0.3) is 0 Å². The number of hydrogen-bond donors (Lipinski definition) is 1. The molecule has 0 amide bonds. The summed E-state index contributed by atoms with van der Waals surface area (Å²) in [5.41, 5.74) is 6.59. The van der Waals surface area contributed by atoms with Gasteiger partial charge in [-0.15, -0.1) is 0 Å². The lowest BCUT2D eigenvalue weighted by Crippen LogP contribution is -1.99. The molecule has 1 aromatic carbocycles. The number of hydrogen-bond acceptors (Lipinski definition) is 4. The van der Waals surface area contributed by atoms with Gasteiger partial charge in [0.1, 0.15) is 5.75 Å². The predicted molar refractivity (Wildman–Crippen MR) is 66.9 cm³/mol. The van der Waals surface area contributed by atoms with E-state index in [1.54, 1.807) is 12.1 Å². The number of benzene rings is 1. The first-order chi connectivity index (χ1) is 8.69. The molecule has 2 rings (SSSR count). The van der Waals surface area contributed by atoms with Gasteiger partial charge in [0.25, 0.3) is 5.88 Å². The second-order valence-corrected chi connectivity index (χ2v) is 3.88. The van der Waals surface area contributed by atoms with Gasteiger partial charge < -0.3 is 10.5 Å². The number of ether oxygens (including phenoxy) is 1. The van der Waals surface area contributed by atoms with E-state index in [1.165, 1.54) is 5.56 Å². The van der Waals surface area contributed by atoms with Crippen molar-refractivity contribution in [3.05, 3.63) is 41.8 Å². The number of anilines is 1. The van der Waals surface area contributed by atoms with E-state index in [0.29, 0.717) is 5.75 Å². The summed E-state index contributed by atoms with van der Waals surface area (Å²) in [6.07, 6.45) is 3.08. The van der Waals surface area contributed by atoms with Crippen molar-refractivity contribution in [2.24, 2.45) is 0 Å². The molecule has 0 atom stereocenters. The Hall–Kier alpha value is -2.17. The predicted octanol–water partition coefficient (Wildman–Crippen LogP) is 2.94. The summed E-state index contributed by atoms with van der Waals surface area (Å²) < 4.78 is 18.7. The third-order valence-electron chi connectivity index (χ3n) is 2.41. The lowest BCUT2D eigenvalue weighted by Gasteiger charge is -2.06. The molecule has 18 heavy (non-hydrogen) atoms. The molecule has 0 aliphatic rings. The zero-order valence-electron chi connectivity index (χ0n) is 10.1. The molecule has 1 aromatic heterocycles. The van der Waals surface area contributed by atoms with Crippen molar-refractivity contribution in [2.45, 2.75) is 19.8 Å². The van der Waals surface area contributed by atoms with Gasteiger partial charge in [-0.3, -0.25) is 0 Å². The number of halogens is 1. The zero-order chi connectivity index (χ0) is 13.0. The largest absolute Gasteiger partial charge is 0.436 e. The highest BCUT2D eigenvalue weighted by atomic mass is 19.1. The summed E-state index contributed by atoms with van der Waals surface area (Å²) in [6.45, 7) is 2.11. The number of aryl methyl sites for hydroxylation is 1. The molecule has 5 heteroatoms. The van der Waals surface area contributed by atoms with Crippen LogP contribution in [0.4, 0.5) is 10.3 Å². The normalized spacial score (nSPS) is 10.3. The van der Waals surface area contributed by atoms with E-state index in [0.717, 1.165) is 19.0 Å². The fraction of sp³-hybridized carbons (Fsp3) is 0.231. The first-order valence-electron chi connectivity index (χ1n) is 5.74. The number of aromatic nitrogens is 2. The van der Waals surface area contributed by atoms with E-state index in [9.17, 15) is 4.39 Å². The number of nitrogen functional groups attached to an aromatic ring is 1. The monoisotopic (exact) mass is 247 g/mol. The number of nitrogens with zero attached hydrogens (tertiary/aromatic N) is 2. The third-order valence-corrected chi connectivity index (χ3v) is 2.41. The van der Waals surface area contributed by atoms with Crippen LogP contribution in [0, 0.1) is 5.82 Å². The zero-order valence-corrected chi connectivity index (χ0v) is 10.1. The lowest BCUT2D eigenvalue weighted by atomic mass is 10.1. The van der Waals surface area contributed by atoms with Gasteiger partial charge in [-0.25, -0.2) is 4.98 Å². The standard InChI is InChI=1S/C13H14FN3O/c1-2-3-9-4-6-10(7-5-9)18-12-11(14)8-16-13(15)17-12/h4-8H,2-3H2,1H3,(H2,15,16,17). The Morgan fingerprint density at radius 1 is 1.28 bits per heavy atom. The van der Waals surface area contributed by atoms with Crippen molar-refractivity contribution in [3.8, 4) is 11.6 Å². The summed E-state index contributed by atoms with van der Waals surface area (Å²) >= 11 is 0. The van der Waals surface area contributed by atoms with Gasteiger partial charge >= 0.3 is 0 Å². The minimum atomic E-state index is -0.637. The van der Waals surface area contributed by atoms with Crippen LogP contribution in [0.2, 0.25) is 0 Å². The maximum Gasteiger partial charge on any atom is 0.260 e. The Kier molecular flexibility index (Phi) is 3.72. The van der Waals surface area contributed by atoms with Crippen LogP contribution in [0.3, 0.4) is 0 Å². The second kappa shape index (κ2) is 5.44. The molecule has 0 fully saturated rings. The average Bonchev–Trinajstić information content (AvgIpc) is 2.37. The van der Waals surface area contributed by atoms with Crippen molar-refractivity contribution in [3.63, 3.8) is 0 Å². The molecular formula is C13H14FN3O. The summed E-state index contributed by atoms with van der Waals surface area (Å²) in [7, 11) is 0. The van der Waals surface area contributed by atoms with Crippen molar-refractivity contribution >= 4 is 5.95 Å². The minimum absolute atomic E-state index is 0.0194. The van der Waals surface area contributed by atoms with Gasteiger partial charge in [0.2, 0.25) is 11.8 Å². The van der Waals surface area contributed by atoms with Crippen LogP contribution < -0.4 is 10.5 Å². The SMILES string of the molecule is CCCc1ccc(Oc2nc(N)ncc2F)cc1. The third kappa shape index (κ3) is 2.94. The molecule has 0 saturated carbocycles. The maximum absolute atomic E-state index is 13.3. The molecule has 0 bridgehead atoms. The molecule has 0 radical (unpaired) electrons. The summed E-state index contributed by atoms with van der Waals surface area (Å²) in [4.78, 5) is 7.23. The van der Waals surface area contributed by atoms with E-state index in [2.05, 4.69) is 16.9 Å². The molecule has 94 valence electrons. The summed E-state index contributed by atoms with van der Waals surface area (Å²) in [5, 5.41) is 0. The van der Waals surface area contributed by atoms with Crippen LogP contribution in [-0.2, 0) is 6.42 Å². The first kappa shape index (κ1) is 12.3. The van der Waals surface area contributed by atoms with Crippen LogP contribution in [0.15, 0.2) is 30.5 Å². The maximum atomic E-state index is 13.3. The van der Waals surface area contributed by atoms with E-state index < -0.39 is 5.82 Å². The van der Waals surface area contributed by atoms with Crippen molar-refractivity contribution in [1.82, 2.24) is 9.97 Å². The second-order valence-electron chi connectivity index (χ2n) is 3.88.